The fourth-order valence-electron chi connectivity index (χ4n) is 1.62. The van der Waals surface area contributed by atoms with E-state index in [0.29, 0.717) is 12.3 Å². The van der Waals surface area contributed by atoms with Crippen molar-refractivity contribution in [3.05, 3.63) is 0 Å². The Labute approximate surface area is 77.8 Å². The van der Waals surface area contributed by atoms with E-state index in [1.54, 1.807) is 4.90 Å². The molecule has 0 aromatic heterocycles. The molecule has 0 spiro atoms. The molecule has 0 aromatic rings. The molecule has 0 aromatic carbocycles. The van der Waals surface area contributed by atoms with Crippen LogP contribution in [0.5, 0.6) is 0 Å². The summed E-state index contributed by atoms with van der Waals surface area (Å²) in [5, 5.41) is 0. The summed E-state index contributed by atoms with van der Waals surface area (Å²) in [6.07, 6.45) is 2.88. The molecule has 1 atom stereocenters. The summed E-state index contributed by atoms with van der Waals surface area (Å²) in [4.78, 5) is 17.3. The highest BCUT2D eigenvalue weighted by Crippen LogP contribution is 2.29. The van der Waals surface area contributed by atoms with Crippen molar-refractivity contribution < 1.29 is 4.79 Å². The predicted molar refractivity (Wildman–Crippen MR) is 50.4 cm³/mol. The van der Waals surface area contributed by atoms with Crippen LogP contribution >= 0.6 is 0 Å². The minimum absolute atomic E-state index is 0.109. The molecule has 4 nitrogen and oxygen atoms in total. The summed E-state index contributed by atoms with van der Waals surface area (Å²) in [5.74, 6) is 1.45. The maximum atomic E-state index is 11.2. The normalized spacial score (nSPS) is 29.9. The molecular formula is C9H15N3O. The predicted octanol–water partition coefficient (Wildman–Crippen LogP) is -0.0157. The van der Waals surface area contributed by atoms with Gasteiger partial charge in [0.1, 0.15) is 0 Å². The Hall–Kier alpha value is -1.06. The fourth-order valence-corrected chi connectivity index (χ4v) is 1.62. The highest BCUT2D eigenvalue weighted by molar-refractivity contribution is 5.86. The molecule has 1 saturated carbocycles. The number of carbonyl (C=O) groups excluding carboxylic acids is 1. The Bertz CT molecular complexity index is 258. The van der Waals surface area contributed by atoms with Gasteiger partial charge in [-0.3, -0.25) is 9.79 Å². The van der Waals surface area contributed by atoms with Crippen LogP contribution in [-0.2, 0) is 4.79 Å². The first kappa shape index (κ1) is 8.53. The van der Waals surface area contributed by atoms with Crippen LogP contribution in [0.25, 0.3) is 0 Å². The molecule has 1 aliphatic heterocycles. The maximum absolute atomic E-state index is 11.2. The SMILES string of the molecule is CN1CC(N=C(N)C2CC2)CC1=O. The number of likely N-dealkylation sites (N-methyl/N-ethyl adjacent to an activating group) is 1. The first-order valence-corrected chi connectivity index (χ1v) is 4.74. The summed E-state index contributed by atoms with van der Waals surface area (Å²) in [6.45, 7) is 0.728. The second-order valence-corrected chi connectivity index (χ2v) is 3.96. The van der Waals surface area contributed by atoms with Crippen molar-refractivity contribution in [1.82, 2.24) is 4.90 Å². The lowest BCUT2D eigenvalue weighted by Gasteiger charge is -2.07. The molecule has 13 heavy (non-hydrogen) atoms. The van der Waals surface area contributed by atoms with E-state index in [-0.39, 0.29) is 11.9 Å². The molecule has 1 saturated heterocycles. The van der Waals surface area contributed by atoms with Crippen LogP contribution in [0.1, 0.15) is 19.3 Å². The molecule has 2 rings (SSSR count). The summed E-state index contributed by atoms with van der Waals surface area (Å²) in [6, 6.07) is 0.109. The molecule has 2 aliphatic rings. The molecule has 0 radical (unpaired) electrons. The van der Waals surface area contributed by atoms with Crippen molar-refractivity contribution in [3.8, 4) is 0 Å². The highest BCUT2D eigenvalue weighted by atomic mass is 16.2. The Morgan fingerprint density at radius 1 is 1.62 bits per heavy atom. The highest BCUT2D eigenvalue weighted by Gasteiger charge is 2.30. The van der Waals surface area contributed by atoms with Crippen LogP contribution in [0.3, 0.4) is 0 Å². The number of hydrogen-bond acceptors (Lipinski definition) is 2. The monoisotopic (exact) mass is 181 g/mol. The van der Waals surface area contributed by atoms with Gasteiger partial charge in [-0.05, 0) is 12.8 Å². The summed E-state index contributed by atoms with van der Waals surface area (Å²) < 4.78 is 0. The van der Waals surface area contributed by atoms with E-state index in [1.807, 2.05) is 7.05 Å². The van der Waals surface area contributed by atoms with Crippen molar-refractivity contribution in [2.75, 3.05) is 13.6 Å². The van der Waals surface area contributed by atoms with Crippen LogP contribution in [0, 0.1) is 5.92 Å². The van der Waals surface area contributed by atoms with Gasteiger partial charge in [-0.2, -0.15) is 0 Å². The number of rotatable bonds is 2. The van der Waals surface area contributed by atoms with Gasteiger partial charge >= 0.3 is 0 Å². The second-order valence-electron chi connectivity index (χ2n) is 3.96. The Balaban J connectivity index is 1.95. The maximum Gasteiger partial charge on any atom is 0.224 e. The van der Waals surface area contributed by atoms with Gasteiger partial charge in [0.25, 0.3) is 0 Å². The van der Waals surface area contributed by atoms with Gasteiger partial charge in [-0.1, -0.05) is 0 Å². The lowest BCUT2D eigenvalue weighted by Crippen LogP contribution is -2.22. The van der Waals surface area contributed by atoms with Crippen LogP contribution in [-0.4, -0.2) is 36.3 Å². The topological polar surface area (TPSA) is 58.7 Å². The van der Waals surface area contributed by atoms with E-state index in [9.17, 15) is 4.79 Å². The van der Waals surface area contributed by atoms with Crippen LogP contribution < -0.4 is 5.73 Å². The number of amides is 1. The van der Waals surface area contributed by atoms with Gasteiger partial charge in [-0.25, -0.2) is 0 Å². The van der Waals surface area contributed by atoms with E-state index < -0.39 is 0 Å². The molecule has 2 N–H and O–H groups in total. The van der Waals surface area contributed by atoms with Gasteiger partial charge in [0.05, 0.1) is 18.3 Å². The Morgan fingerprint density at radius 2 is 2.31 bits per heavy atom. The van der Waals surface area contributed by atoms with E-state index in [0.717, 1.165) is 12.4 Å². The third-order valence-corrected chi connectivity index (χ3v) is 2.65. The number of aliphatic imine (C=N–C) groups is 1. The van der Waals surface area contributed by atoms with Gasteiger partial charge in [-0.15, -0.1) is 0 Å². The number of nitrogens with zero attached hydrogens (tertiary/aromatic N) is 2. The summed E-state index contributed by atoms with van der Waals surface area (Å²) in [7, 11) is 1.81. The smallest absolute Gasteiger partial charge is 0.224 e. The summed E-state index contributed by atoms with van der Waals surface area (Å²) >= 11 is 0. The van der Waals surface area contributed by atoms with Crippen molar-refractivity contribution in [1.29, 1.82) is 0 Å². The van der Waals surface area contributed by atoms with E-state index in [4.69, 9.17) is 5.73 Å². The number of nitrogens with two attached hydrogens (primary N) is 1. The minimum atomic E-state index is 0.109. The number of likely N-dealkylation sites (tertiary alicyclic amines) is 1. The standard InChI is InChI=1S/C9H15N3O/c1-12-5-7(4-8(12)13)11-9(10)6-2-3-6/h6-7H,2-5H2,1H3,(H2,10,11). The van der Waals surface area contributed by atoms with Crippen molar-refractivity contribution in [2.24, 2.45) is 16.6 Å². The zero-order valence-electron chi connectivity index (χ0n) is 7.86. The first-order chi connectivity index (χ1) is 6.16. The lowest BCUT2D eigenvalue weighted by atomic mass is 10.2. The molecule has 1 unspecified atom stereocenters. The molecule has 1 heterocycles. The van der Waals surface area contributed by atoms with Crippen molar-refractivity contribution in [3.63, 3.8) is 0 Å². The molecule has 1 aliphatic carbocycles. The molecule has 4 heteroatoms. The lowest BCUT2D eigenvalue weighted by molar-refractivity contribution is -0.126. The Kier molecular flexibility index (Phi) is 1.98. The van der Waals surface area contributed by atoms with Crippen LogP contribution in [0.4, 0.5) is 0 Å². The molecular weight excluding hydrogens is 166 g/mol. The fraction of sp³-hybridized carbons (Fsp3) is 0.778. The van der Waals surface area contributed by atoms with Gasteiger partial charge in [0, 0.05) is 19.5 Å². The first-order valence-electron chi connectivity index (χ1n) is 4.74. The molecule has 72 valence electrons. The quantitative estimate of drug-likeness (QED) is 0.481. The second kappa shape index (κ2) is 3.01. The van der Waals surface area contributed by atoms with E-state index in [2.05, 4.69) is 4.99 Å². The zero-order chi connectivity index (χ0) is 9.42. The molecule has 2 fully saturated rings. The minimum Gasteiger partial charge on any atom is -0.387 e. The van der Waals surface area contributed by atoms with E-state index in [1.165, 1.54) is 12.8 Å². The van der Waals surface area contributed by atoms with Crippen molar-refractivity contribution >= 4 is 11.7 Å². The number of carbonyl (C=O) groups is 1. The molecule has 0 bridgehead atoms. The van der Waals surface area contributed by atoms with Crippen molar-refractivity contribution in [2.45, 2.75) is 25.3 Å². The van der Waals surface area contributed by atoms with Gasteiger partial charge in [0.15, 0.2) is 0 Å². The summed E-state index contributed by atoms with van der Waals surface area (Å²) in [5.41, 5.74) is 5.77. The third-order valence-electron chi connectivity index (χ3n) is 2.65. The largest absolute Gasteiger partial charge is 0.387 e. The number of amidine groups is 1. The van der Waals surface area contributed by atoms with Gasteiger partial charge in [0.2, 0.25) is 5.91 Å². The number of hydrogen-bond donors (Lipinski definition) is 1. The zero-order valence-corrected chi connectivity index (χ0v) is 7.86. The van der Waals surface area contributed by atoms with Gasteiger partial charge < -0.3 is 10.6 Å². The third kappa shape index (κ3) is 1.82. The molecule has 1 amide bonds. The van der Waals surface area contributed by atoms with E-state index >= 15 is 0 Å². The average molecular weight is 181 g/mol. The average Bonchev–Trinajstić information content (AvgIpc) is 2.81. The van der Waals surface area contributed by atoms with Crippen LogP contribution in [0.2, 0.25) is 0 Å². The van der Waals surface area contributed by atoms with Crippen LogP contribution in [0.15, 0.2) is 4.99 Å². The Morgan fingerprint density at radius 3 is 2.77 bits per heavy atom.